The van der Waals surface area contributed by atoms with Crippen LogP contribution in [0, 0.1) is 0 Å². The van der Waals surface area contributed by atoms with E-state index in [9.17, 15) is 4.79 Å². The molecule has 0 aliphatic heterocycles. The first-order valence-corrected chi connectivity index (χ1v) is 8.13. The highest BCUT2D eigenvalue weighted by Crippen LogP contribution is 2.27. The van der Waals surface area contributed by atoms with Crippen molar-refractivity contribution < 1.29 is 14.3 Å². The van der Waals surface area contributed by atoms with Gasteiger partial charge in [-0.1, -0.05) is 32.9 Å². The molecule has 1 rings (SSSR count). The van der Waals surface area contributed by atoms with E-state index in [0.29, 0.717) is 18.1 Å². The zero-order valence-corrected chi connectivity index (χ0v) is 15.0. The molecule has 0 aliphatic rings. The molecule has 0 N–H and O–H groups in total. The van der Waals surface area contributed by atoms with E-state index in [1.807, 2.05) is 39.8 Å². The molecule has 0 aromatic heterocycles. The predicted octanol–water partition coefficient (Wildman–Crippen LogP) is 5.09. The van der Waals surface area contributed by atoms with Crippen molar-refractivity contribution in [2.24, 2.45) is 0 Å². The van der Waals surface area contributed by atoms with Crippen molar-refractivity contribution in [3.63, 3.8) is 0 Å². The molecule has 0 aliphatic carbocycles. The summed E-state index contributed by atoms with van der Waals surface area (Å²) in [6.07, 6.45) is 1.65. The van der Waals surface area contributed by atoms with Gasteiger partial charge in [-0.3, -0.25) is 0 Å². The molecule has 124 valence electrons. The second kappa shape index (κ2) is 7.17. The topological polar surface area (TPSA) is 35.5 Å². The van der Waals surface area contributed by atoms with Crippen LogP contribution in [0.25, 0.3) is 0 Å². The number of carbonyl (C=O) groups excluding carboxylic acids is 1. The van der Waals surface area contributed by atoms with Crippen LogP contribution in [0.15, 0.2) is 24.3 Å². The molecule has 2 unspecified atom stereocenters. The Morgan fingerprint density at radius 3 is 2.05 bits per heavy atom. The fourth-order valence-electron chi connectivity index (χ4n) is 2.00. The summed E-state index contributed by atoms with van der Waals surface area (Å²) in [6.45, 7) is 13.7. The van der Waals surface area contributed by atoms with Crippen LogP contribution in [0.5, 0.6) is 5.75 Å². The molecule has 3 heteroatoms. The summed E-state index contributed by atoms with van der Waals surface area (Å²) in [6, 6.07) is 7.99. The highest BCUT2D eigenvalue weighted by Gasteiger charge is 2.38. The monoisotopic (exact) mass is 306 g/mol. The second-order valence-electron chi connectivity index (χ2n) is 7.07. The zero-order chi connectivity index (χ0) is 17.0. The number of ether oxygens (including phenoxy) is 2. The van der Waals surface area contributed by atoms with Gasteiger partial charge >= 0.3 is 5.97 Å². The van der Waals surface area contributed by atoms with Crippen LogP contribution in [0.1, 0.15) is 72.8 Å². The molecular weight excluding hydrogens is 276 g/mol. The molecule has 0 fully saturated rings. The first kappa shape index (κ1) is 18.5. The van der Waals surface area contributed by atoms with Crippen molar-refractivity contribution in [2.45, 2.75) is 78.4 Å². The summed E-state index contributed by atoms with van der Waals surface area (Å²) in [4.78, 5) is 12.4. The van der Waals surface area contributed by atoms with Crippen LogP contribution in [0.4, 0.5) is 0 Å². The number of benzene rings is 1. The summed E-state index contributed by atoms with van der Waals surface area (Å²) in [5.74, 6) is 0.897. The Labute approximate surface area is 135 Å². The Bertz CT molecular complexity index is 484. The molecule has 0 heterocycles. The minimum absolute atomic E-state index is 0.325. The van der Waals surface area contributed by atoms with E-state index in [4.69, 9.17) is 9.47 Å². The van der Waals surface area contributed by atoms with Crippen molar-refractivity contribution in [2.75, 3.05) is 0 Å². The van der Waals surface area contributed by atoms with Gasteiger partial charge in [-0.05, 0) is 64.2 Å². The summed E-state index contributed by atoms with van der Waals surface area (Å²) < 4.78 is 11.4. The molecule has 1 aromatic carbocycles. The lowest BCUT2D eigenvalue weighted by molar-refractivity contribution is -0.172. The van der Waals surface area contributed by atoms with Crippen molar-refractivity contribution in [1.82, 2.24) is 0 Å². The van der Waals surface area contributed by atoms with E-state index in [2.05, 4.69) is 26.0 Å². The molecule has 0 bridgehead atoms. The molecule has 1 aromatic rings. The lowest BCUT2D eigenvalue weighted by atomic mass is 9.98. The van der Waals surface area contributed by atoms with E-state index in [1.54, 1.807) is 6.92 Å². The highest BCUT2D eigenvalue weighted by molar-refractivity contribution is 5.79. The van der Waals surface area contributed by atoms with Crippen LogP contribution >= 0.6 is 0 Å². The maximum absolute atomic E-state index is 12.4. The molecule has 0 saturated heterocycles. The average molecular weight is 306 g/mol. The van der Waals surface area contributed by atoms with Gasteiger partial charge in [0.1, 0.15) is 11.4 Å². The Balaban J connectivity index is 2.87. The van der Waals surface area contributed by atoms with Crippen molar-refractivity contribution in [3.05, 3.63) is 29.8 Å². The van der Waals surface area contributed by atoms with Gasteiger partial charge < -0.3 is 9.47 Å². The number of carbonyl (C=O) groups is 1. The SMILES string of the molecule is CCC(C)c1ccc(OC(C)(CC)C(=O)OC(C)(C)C)cc1. The van der Waals surface area contributed by atoms with Gasteiger partial charge in [0.25, 0.3) is 0 Å². The van der Waals surface area contributed by atoms with Crippen molar-refractivity contribution >= 4 is 5.97 Å². The molecular formula is C19H30O3. The molecule has 0 amide bonds. The van der Waals surface area contributed by atoms with Gasteiger partial charge in [0, 0.05) is 0 Å². The normalized spacial score (nSPS) is 15.8. The minimum atomic E-state index is -0.967. The third-order valence-corrected chi connectivity index (χ3v) is 3.91. The van der Waals surface area contributed by atoms with Crippen LogP contribution in [0.3, 0.4) is 0 Å². The van der Waals surface area contributed by atoms with Gasteiger partial charge in [0.05, 0.1) is 0 Å². The van der Waals surface area contributed by atoms with E-state index in [0.717, 1.165) is 6.42 Å². The van der Waals surface area contributed by atoms with E-state index < -0.39 is 11.2 Å². The second-order valence-corrected chi connectivity index (χ2v) is 7.07. The third kappa shape index (κ3) is 5.04. The van der Waals surface area contributed by atoms with Gasteiger partial charge in [0.2, 0.25) is 5.60 Å². The van der Waals surface area contributed by atoms with Gasteiger partial charge in [-0.25, -0.2) is 4.79 Å². The smallest absolute Gasteiger partial charge is 0.350 e. The summed E-state index contributed by atoms with van der Waals surface area (Å²) in [5.41, 5.74) is -0.201. The van der Waals surface area contributed by atoms with Crippen LogP contribution < -0.4 is 4.74 Å². The maximum atomic E-state index is 12.4. The molecule has 2 atom stereocenters. The Morgan fingerprint density at radius 1 is 1.09 bits per heavy atom. The Hall–Kier alpha value is -1.51. The lowest BCUT2D eigenvalue weighted by Crippen LogP contribution is -2.45. The summed E-state index contributed by atoms with van der Waals surface area (Å²) >= 11 is 0. The third-order valence-electron chi connectivity index (χ3n) is 3.91. The standard InChI is InChI=1S/C19H30O3/c1-8-14(3)15-10-12-16(13-11-15)21-19(7,9-2)17(20)22-18(4,5)6/h10-14H,8-9H2,1-7H3. The van der Waals surface area contributed by atoms with Crippen LogP contribution in [0.2, 0.25) is 0 Å². The first-order valence-electron chi connectivity index (χ1n) is 8.13. The first-order chi connectivity index (χ1) is 10.1. The summed E-state index contributed by atoms with van der Waals surface area (Å²) in [5, 5.41) is 0. The number of hydrogen-bond acceptors (Lipinski definition) is 3. The minimum Gasteiger partial charge on any atom is -0.476 e. The maximum Gasteiger partial charge on any atom is 0.350 e. The molecule has 3 nitrogen and oxygen atoms in total. The van der Waals surface area contributed by atoms with E-state index in [-0.39, 0.29) is 5.97 Å². The molecule has 22 heavy (non-hydrogen) atoms. The molecule has 0 saturated carbocycles. The van der Waals surface area contributed by atoms with Crippen molar-refractivity contribution in [1.29, 1.82) is 0 Å². The Kier molecular flexibility index (Phi) is 6.04. The molecule has 0 radical (unpaired) electrons. The fraction of sp³-hybridized carbons (Fsp3) is 0.632. The largest absolute Gasteiger partial charge is 0.476 e. The lowest BCUT2D eigenvalue weighted by Gasteiger charge is -2.31. The van der Waals surface area contributed by atoms with Crippen LogP contribution in [-0.4, -0.2) is 17.2 Å². The van der Waals surface area contributed by atoms with Gasteiger partial charge in [-0.2, -0.15) is 0 Å². The highest BCUT2D eigenvalue weighted by atomic mass is 16.6. The number of hydrogen-bond donors (Lipinski definition) is 0. The zero-order valence-electron chi connectivity index (χ0n) is 15.0. The number of esters is 1. The van der Waals surface area contributed by atoms with E-state index in [1.165, 1.54) is 5.56 Å². The quantitative estimate of drug-likeness (QED) is 0.687. The van der Waals surface area contributed by atoms with Gasteiger partial charge in [-0.15, -0.1) is 0 Å². The summed E-state index contributed by atoms with van der Waals surface area (Å²) in [7, 11) is 0. The predicted molar refractivity (Wildman–Crippen MR) is 90.3 cm³/mol. The van der Waals surface area contributed by atoms with E-state index >= 15 is 0 Å². The fourth-order valence-corrected chi connectivity index (χ4v) is 2.00. The Morgan fingerprint density at radius 2 is 1.64 bits per heavy atom. The average Bonchev–Trinajstić information content (AvgIpc) is 2.45. The number of rotatable bonds is 6. The molecule has 0 spiro atoms. The van der Waals surface area contributed by atoms with Gasteiger partial charge in [0.15, 0.2) is 0 Å². The van der Waals surface area contributed by atoms with Crippen molar-refractivity contribution in [3.8, 4) is 5.75 Å². The van der Waals surface area contributed by atoms with Crippen LogP contribution in [-0.2, 0) is 9.53 Å².